The zero-order chi connectivity index (χ0) is 18.7. The minimum Gasteiger partial charge on any atom is -0.466 e. The first-order valence-electron chi connectivity index (χ1n) is 8.12. The Bertz CT molecular complexity index is 425. The van der Waals surface area contributed by atoms with Gasteiger partial charge in [0.15, 0.2) is 0 Å². The van der Waals surface area contributed by atoms with Gasteiger partial charge in [-0.05, 0) is 27.0 Å². The van der Waals surface area contributed by atoms with Crippen molar-refractivity contribution in [3.8, 4) is 24.7 Å². The topological polar surface area (TPSA) is 46.5 Å². The standard InChI is InChI=1S/C7H10O2.C7H12O/c1-3-5-6-7(8)9-4-2;1-4-5-6-7(2,3)8/h1H,4-6H2,2H3;1,8H,5-6H2,2-3H3/i;2D3,3D3. The molecule has 1 N–H and O–H groups in total. The van der Waals surface area contributed by atoms with Crippen LogP contribution in [-0.2, 0) is 9.53 Å². The van der Waals surface area contributed by atoms with Crippen LogP contribution in [0.25, 0.3) is 0 Å². The van der Waals surface area contributed by atoms with Gasteiger partial charge in [0, 0.05) is 21.1 Å². The highest BCUT2D eigenvalue weighted by Crippen LogP contribution is 2.08. The Kier molecular flexibility index (Phi) is 5.60. The Hall–Kier alpha value is -1.45. The minimum absolute atomic E-state index is 0.0900. The number of terminal acetylenes is 2. The average molecular weight is 244 g/mol. The van der Waals surface area contributed by atoms with E-state index in [0.29, 0.717) is 19.4 Å². The molecular formula is C14H22O3. The molecule has 0 aliphatic heterocycles. The van der Waals surface area contributed by atoms with Crippen LogP contribution in [0.2, 0.25) is 0 Å². The van der Waals surface area contributed by atoms with Crippen LogP contribution in [0.5, 0.6) is 0 Å². The monoisotopic (exact) mass is 244 g/mol. The predicted octanol–water partition coefficient (Wildman–Crippen LogP) is 2.13. The first-order chi connectivity index (χ1) is 10.4. The van der Waals surface area contributed by atoms with Crippen molar-refractivity contribution in [2.24, 2.45) is 0 Å². The van der Waals surface area contributed by atoms with Gasteiger partial charge in [0.2, 0.25) is 0 Å². The summed E-state index contributed by atoms with van der Waals surface area (Å²) in [6.45, 7) is -3.72. The lowest BCUT2D eigenvalue weighted by atomic mass is 10.0. The number of hydrogen-bond acceptors (Lipinski definition) is 3. The second kappa shape index (κ2) is 11.0. The average Bonchev–Trinajstić information content (AvgIpc) is 2.41. The van der Waals surface area contributed by atoms with Crippen LogP contribution in [0, 0.1) is 24.7 Å². The highest BCUT2D eigenvalue weighted by Gasteiger charge is 2.09. The smallest absolute Gasteiger partial charge is 0.306 e. The van der Waals surface area contributed by atoms with E-state index < -0.39 is 25.7 Å². The fourth-order valence-corrected chi connectivity index (χ4v) is 0.660. The van der Waals surface area contributed by atoms with Crippen LogP contribution in [0.4, 0.5) is 0 Å². The SMILES string of the molecule is C#CCCC(=O)OCC.[2H]C([2H])([2H])C(O)(CCC#C)C([2H])([2H])[2H]. The van der Waals surface area contributed by atoms with Crippen molar-refractivity contribution in [3.63, 3.8) is 0 Å². The first-order valence-corrected chi connectivity index (χ1v) is 5.12. The molecule has 0 radical (unpaired) electrons. The fourth-order valence-electron chi connectivity index (χ4n) is 0.660. The van der Waals surface area contributed by atoms with Gasteiger partial charge in [0.25, 0.3) is 0 Å². The molecule has 0 bridgehead atoms. The molecule has 0 saturated carbocycles. The summed E-state index contributed by atoms with van der Waals surface area (Å²) in [5, 5.41) is 9.59. The third-order valence-electron chi connectivity index (χ3n) is 1.41. The van der Waals surface area contributed by atoms with E-state index in [9.17, 15) is 9.90 Å². The normalized spacial score (nSPS) is 16.0. The maximum Gasteiger partial charge on any atom is 0.306 e. The van der Waals surface area contributed by atoms with Gasteiger partial charge in [-0.2, -0.15) is 0 Å². The number of rotatable bonds is 5. The quantitative estimate of drug-likeness (QED) is 0.595. The molecule has 0 rings (SSSR count). The van der Waals surface area contributed by atoms with E-state index >= 15 is 0 Å². The van der Waals surface area contributed by atoms with Crippen LogP contribution in [0.15, 0.2) is 0 Å². The van der Waals surface area contributed by atoms with Gasteiger partial charge in [-0.15, -0.1) is 24.7 Å². The maximum atomic E-state index is 10.5. The lowest BCUT2D eigenvalue weighted by Gasteiger charge is -2.13. The van der Waals surface area contributed by atoms with E-state index in [1.165, 1.54) is 0 Å². The Morgan fingerprint density at radius 3 is 2.41 bits per heavy atom. The Labute approximate surface area is 113 Å². The van der Waals surface area contributed by atoms with E-state index in [1.807, 2.05) is 0 Å². The third kappa shape index (κ3) is 20.6. The van der Waals surface area contributed by atoms with Gasteiger partial charge in [-0.25, -0.2) is 0 Å². The molecule has 0 aromatic carbocycles. The van der Waals surface area contributed by atoms with Gasteiger partial charge in [-0.1, -0.05) is 0 Å². The summed E-state index contributed by atoms with van der Waals surface area (Å²) >= 11 is 0. The van der Waals surface area contributed by atoms with Crippen LogP contribution < -0.4 is 0 Å². The van der Waals surface area contributed by atoms with Crippen molar-refractivity contribution >= 4 is 5.97 Å². The molecule has 0 fully saturated rings. The van der Waals surface area contributed by atoms with E-state index in [0.717, 1.165) is 0 Å². The van der Waals surface area contributed by atoms with Crippen LogP contribution in [0.1, 0.15) is 54.5 Å². The summed E-state index contributed by atoms with van der Waals surface area (Å²) in [5.74, 6) is 4.25. The van der Waals surface area contributed by atoms with Crippen molar-refractivity contribution in [1.82, 2.24) is 0 Å². The zero-order valence-electron chi connectivity index (χ0n) is 16.0. The van der Waals surface area contributed by atoms with Crippen molar-refractivity contribution in [2.75, 3.05) is 6.61 Å². The molecule has 0 aromatic heterocycles. The number of carbonyl (C=O) groups excluding carboxylic acids is 1. The van der Waals surface area contributed by atoms with Crippen LogP contribution in [-0.4, -0.2) is 23.3 Å². The summed E-state index contributed by atoms with van der Waals surface area (Å²) in [4.78, 5) is 10.5. The van der Waals surface area contributed by atoms with E-state index in [4.69, 9.17) is 21.1 Å². The molecule has 0 heterocycles. The molecule has 0 aliphatic carbocycles. The van der Waals surface area contributed by atoms with Crippen LogP contribution in [0.3, 0.4) is 0 Å². The number of carbonyl (C=O) groups is 1. The summed E-state index contributed by atoms with van der Waals surface area (Å²) in [6, 6.07) is 0. The largest absolute Gasteiger partial charge is 0.466 e. The second-order valence-corrected chi connectivity index (χ2v) is 3.07. The molecule has 0 unspecified atom stereocenters. The van der Waals surface area contributed by atoms with Crippen molar-refractivity contribution in [3.05, 3.63) is 0 Å². The summed E-state index contributed by atoms with van der Waals surface area (Å²) in [5.41, 5.74) is -2.72. The molecule has 0 aliphatic rings. The molecular weight excluding hydrogens is 216 g/mol. The zero-order valence-corrected chi connectivity index (χ0v) is 9.95. The van der Waals surface area contributed by atoms with Gasteiger partial charge in [-0.3, -0.25) is 4.79 Å². The minimum atomic E-state index is -2.96. The molecule has 3 heteroatoms. The Morgan fingerprint density at radius 1 is 1.41 bits per heavy atom. The fraction of sp³-hybridized carbons (Fsp3) is 0.643. The highest BCUT2D eigenvalue weighted by atomic mass is 16.5. The van der Waals surface area contributed by atoms with Crippen molar-refractivity contribution in [2.45, 2.75) is 51.9 Å². The summed E-state index contributed by atoms with van der Waals surface area (Å²) in [7, 11) is 0. The lowest BCUT2D eigenvalue weighted by molar-refractivity contribution is -0.142. The van der Waals surface area contributed by atoms with Crippen molar-refractivity contribution in [1.29, 1.82) is 0 Å². The number of ether oxygens (including phenoxy) is 1. The Balaban J connectivity index is 0. The van der Waals surface area contributed by atoms with E-state index in [1.54, 1.807) is 6.92 Å². The molecule has 0 atom stereocenters. The molecule has 0 amide bonds. The van der Waals surface area contributed by atoms with E-state index in [2.05, 4.69) is 16.6 Å². The third-order valence-corrected chi connectivity index (χ3v) is 1.41. The predicted molar refractivity (Wildman–Crippen MR) is 69.1 cm³/mol. The Morgan fingerprint density at radius 2 is 2.00 bits per heavy atom. The summed E-state index contributed by atoms with van der Waals surface area (Å²) < 4.78 is 46.5. The van der Waals surface area contributed by atoms with Crippen molar-refractivity contribution < 1.29 is 22.9 Å². The molecule has 17 heavy (non-hydrogen) atoms. The lowest BCUT2D eigenvalue weighted by Crippen LogP contribution is -2.17. The summed E-state index contributed by atoms with van der Waals surface area (Å²) in [6.07, 6.45) is 10.1. The van der Waals surface area contributed by atoms with Gasteiger partial charge >= 0.3 is 5.97 Å². The van der Waals surface area contributed by atoms with Gasteiger partial charge in [0.1, 0.15) is 0 Å². The number of esters is 1. The molecule has 0 spiro atoms. The van der Waals surface area contributed by atoms with E-state index in [-0.39, 0.29) is 12.4 Å². The number of aliphatic hydroxyl groups is 1. The maximum absolute atomic E-state index is 10.5. The van der Waals surface area contributed by atoms with Gasteiger partial charge in [0.05, 0.1) is 18.6 Å². The van der Waals surface area contributed by atoms with Gasteiger partial charge < -0.3 is 9.84 Å². The number of hydrogen-bond donors (Lipinski definition) is 1. The molecule has 0 aromatic rings. The first kappa shape index (κ1) is 8.61. The highest BCUT2D eigenvalue weighted by molar-refractivity contribution is 5.69. The molecule has 0 saturated heterocycles. The second-order valence-electron chi connectivity index (χ2n) is 3.07. The molecule has 3 nitrogen and oxygen atoms in total. The van der Waals surface area contributed by atoms with Crippen LogP contribution >= 0.6 is 0 Å². The molecule has 96 valence electrons.